The lowest BCUT2D eigenvalue weighted by atomic mass is 9.91. The Hall–Kier alpha value is -2.76. The fourth-order valence-electron chi connectivity index (χ4n) is 4.38. The molecule has 0 radical (unpaired) electrons. The molecule has 2 atom stereocenters. The molecule has 2 aromatic rings. The van der Waals surface area contributed by atoms with E-state index in [0.717, 1.165) is 12.0 Å². The Labute approximate surface area is 207 Å². The lowest BCUT2D eigenvalue weighted by Crippen LogP contribution is -2.50. The molecule has 0 bridgehead atoms. The summed E-state index contributed by atoms with van der Waals surface area (Å²) in [6.45, 7) is 7.13. The van der Waals surface area contributed by atoms with E-state index in [2.05, 4.69) is 9.97 Å². The van der Waals surface area contributed by atoms with Crippen LogP contribution >= 0.6 is 0 Å². The minimum absolute atomic E-state index is 0.100. The quantitative estimate of drug-likeness (QED) is 0.597. The van der Waals surface area contributed by atoms with Crippen molar-refractivity contribution in [1.29, 1.82) is 0 Å². The third-order valence-corrected chi connectivity index (χ3v) is 7.00. The molecule has 2 aliphatic rings. The van der Waals surface area contributed by atoms with Crippen molar-refractivity contribution >= 4 is 17.5 Å². The van der Waals surface area contributed by atoms with Gasteiger partial charge in [0.1, 0.15) is 18.2 Å². The molecule has 2 aliphatic heterocycles. The Morgan fingerprint density at radius 1 is 1.20 bits per heavy atom. The first-order valence-corrected chi connectivity index (χ1v) is 12.7. The number of carboxylic acid groups (broad SMARTS) is 1. The number of carbonyl (C=O) groups is 1. The Morgan fingerprint density at radius 3 is 2.54 bits per heavy atom. The summed E-state index contributed by atoms with van der Waals surface area (Å²) < 4.78 is 33.4. The molecule has 1 aromatic carbocycles. The summed E-state index contributed by atoms with van der Waals surface area (Å²) >= 11 is -1.63. The van der Waals surface area contributed by atoms with E-state index in [1.54, 1.807) is 0 Å². The third-order valence-electron chi connectivity index (χ3n) is 6.34. The van der Waals surface area contributed by atoms with E-state index in [-0.39, 0.29) is 24.0 Å². The molecule has 1 aromatic heterocycles. The molecule has 1 amide bonds. The van der Waals surface area contributed by atoms with Crippen LogP contribution in [0.4, 0.5) is 4.79 Å². The Kier molecular flexibility index (Phi) is 8.19. The molecule has 3 heterocycles. The zero-order chi connectivity index (χ0) is 24.9. The number of piperidine rings is 1. The predicted octanol–water partition coefficient (Wildman–Crippen LogP) is 3.91. The maximum absolute atomic E-state index is 11.6. The van der Waals surface area contributed by atoms with Gasteiger partial charge in [0.15, 0.2) is 0 Å². The number of rotatable bonds is 7. The maximum atomic E-state index is 11.6. The van der Waals surface area contributed by atoms with E-state index < -0.39 is 17.5 Å². The van der Waals surface area contributed by atoms with Crippen LogP contribution in [0.5, 0.6) is 17.5 Å². The fourth-order valence-corrected chi connectivity index (χ4v) is 5.06. The second-order valence-corrected chi connectivity index (χ2v) is 10.1. The van der Waals surface area contributed by atoms with Crippen LogP contribution in [-0.4, -0.2) is 62.2 Å². The Bertz CT molecular complexity index is 1040. The number of ether oxygens (including phenoxy) is 2. The normalized spacial score (nSPS) is 24.9. The molecular formula is C24H31N3O7S. The molecule has 4 rings (SSSR count). The minimum atomic E-state index is -1.63. The first-order valence-electron chi connectivity index (χ1n) is 11.7. The number of aromatic nitrogens is 2. The Balaban J connectivity index is 1.37. The van der Waals surface area contributed by atoms with Crippen LogP contribution in [0.25, 0.3) is 0 Å². The zero-order valence-electron chi connectivity index (χ0n) is 20.1. The monoisotopic (exact) mass is 505 g/mol. The number of nitrogens with zero attached hydrogens (tertiary/aromatic N) is 3. The van der Waals surface area contributed by atoms with Crippen LogP contribution in [0.1, 0.15) is 37.8 Å². The highest BCUT2D eigenvalue weighted by molar-refractivity contribution is 7.75. The van der Waals surface area contributed by atoms with Crippen molar-refractivity contribution in [2.45, 2.75) is 52.2 Å². The van der Waals surface area contributed by atoms with Gasteiger partial charge in [0.25, 0.3) is 0 Å². The first-order chi connectivity index (χ1) is 16.8. The highest BCUT2D eigenvalue weighted by Crippen LogP contribution is 2.31. The van der Waals surface area contributed by atoms with Gasteiger partial charge in [0.05, 0.1) is 18.8 Å². The van der Waals surface area contributed by atoms with E-state index in [1.807, 2.05) is 45.0 Å². The molecular weight excluding hydrogens is 474 g/mol. The zero-order valence-corrected chi connectivity index (χ0v) is 20.9. The molecule has 0 spiro atoms. The molecule has 11 heteroatoms. The van der Waals surface area contributed by atoms with Crippen molar-refractivity contribution in [3.63, 3.8) is 0 Å². The summed E-state index contributed by atoms with van der Waals surface area (Å²) in [6, 6.07) is 7.58. The second-order valence-electron chi connectivity index (χ2n) is 9.25. The summed E-state index contributed by atoms with van der Waals surface area (Å²) in [7, 11) is 0. The van der Waals surface area contributed by atoms with Gasteiger partial charge in [0.2, 0.25) is 11.8 Å². The molecule has 2 saturated heterocycles. The molecule has 0 saturated carbocycles. The SMILES string of the molecule is Cc1c(Oc2ccc(CC3COS(=O)OC3)cc2)ncnc1O[C@H]1CCN(C(=O)O)[C@@H](C(C)C)C1. The van der Waals surface area contributed by atoms with Gasteiger partial charge < -0.3 is 19.5 Å². The van der Waals surface area contributed by atoms with Gasteiger partial charge in [-0.05, 0) is 37.0 Å². The van der Waals surface area contributed by atoms with Crippen molar-refractivity contribution in [3.05, 3.63) is 41.7 Å². The molecule has 2 fully saturated rings. The fraction of sp³-hybridized carbons (Fsp3) is 0.542. The van der Waals surface area contributed by atoms with E-state index in [4.69, 9.17) is 17.8 Å². The summed E-state index contributed by atoms with van der Waals surface area (Å²) in [4.78, 5) is 21.6. The van der Waals surface area contributed by atoms with E-state index >= 15 is 0 Å². The van der Waals surface area contributed by atoms with Gasteiger partial charge in [-0.1, -0.05) is 26.0 Å². The number of hydrogen-bond acceptors (Lipinski definition) is 8. The van der Waals surface area contributed by atoms with Crippen LogP contribution < -0.4 is 9.47 Å². The van der Waals surface area contributed by atoms with E-state index in [1.165, 1.54) is 11.2 Å². The van der Waals surface area contributed by atoms with Gasteiger partial charge in [-0.15, -0.1) is 0 Å². The summed E-state index contributed by atoms with van der Waals surface area (Å²) in [5, 5.41) is 9.49. The van der Waals surface area contributed by atoms with Crippen molar-refractivity contribution in [2.75, 3.05) is 19.8 Å². The van der Waals surface area contributed by atoms with Gasteiger partial charge in [-0.3, -0.25) is 8.37 Å². The summed E-state index contributed by atoms with van der Waals surface area (Å²) in [5.41, 5.74) is 1.78. The number of amides is 1. The van der Waals surface area contributed by atoms with Gasteiger partial charge in [0, 0.05) is 31.3 Å². The van der Waals surface area contributed by atoms with Crippen LogP contribution in [0, 0.1) is 18.8 Å². The lowest BCUT2D eigenvalue weighted by molar-refractivity contribution is 0.0360. The smallest absolute Gasteiger partial charge is 0.407 e. The number of likely N-dealkylation sites (tertiary alicyclic amines) is 1. The second kappa shape index (κ2) is 11.3. The first kappa shape index (κ1) is 25.3. The molecule has 10 nitrogen and oxygen atoms in total. The van der Waals surface area contributed by atoms with Crippen molar-refractivity contribution in [1.82, 2.24) is 14.9 Å². The highest BCUT2D eigenvalue weighted by atomic mass is 32.2. The Morgan fingerprint density at radius 2 is 1.89 bits per heavy atom. The standard InChI is InChI=1S/C24H31N3O7S/c1-15(2)21-11-20(8-9-27(21)24(28)29)34-23-16(3)22(25-14-26-23)33-19-6-4-17(5-7-19)10-18-12-31-35(30)32-13-18/h4-7,14-15,18,20-21H,8-13H2,1-3H3,(H,28,29)/t18?,20-,21+,35?/m0/s1. The number of benzene rings is 1. The maximum Gasteiger partial charge on any atom is 0.407 e. The number of hydrogen-bond donors (Lipinski definition) is 1. The summed E-state index contributed by atoms with van der Waals surface area (Å²) in [5.74, 6) is 1.82. The van der Waals surface area contributed by atoms with Crippen molar-refractivity contribution in [2.24, 2.45) is 11.8 Å². The topological polar surface area (TPSA) is 120 Å². The van der Waals surface area contributed by atoms with Crippen LogP contribution in [0.2, 0.25) is 0 Å². The van der Waals surface area contributed by atoms with Crippen molar-refractivity contribution < 1.29 is 31.9 Å². The third kappa shape index (κ3) is 6.47. The van der Waals surface area contributed by atoms with E-state index in [9.17, 15) is 14.1 Å². The van der Waals surface area contributed by atoms with Crippen LogP contribution in [0.15, 0.2) is 30.6 Å². The van der Waals surface area contributed by atoms with Crippen molar-refractivity contribution in [3.8, 4) is 17.5 Å². The van der Waals surface area contributed by atoms with Gasteiger partial charge in [-0.2, -0.15) is 4.21 Å². The average molecular weight is 506 g/mol. The molecule has 1 N–H and O–H groups in total. The van der Waals surface area contributed by atoms with Crippen LogP contribution in [-0.2, 0) is 26.1 Å². The van der Waals surface area contributed by atoms with Crippen LogP contribution in [0.3, 0.4) is 0 Å². The average Bonchev–Trinajstić information content (AvgIpc) is 2.84. The lowest BCUT2D eigenvalue weighted by Gasteiger charge is -2.39. The predicted molar refractivity (Wildman–Crippen MR) is 128 cm³/mol. The van der Waals surface area contributed by atoms with Gasteiger partial charge >= 0.3 is 17.5 Å². The summed E-state index contributed by atoms with van der Waals surface area (Å²) in [6.07, 6.45) is 2.34. The van der Waals surface area contributed by atoms with Gasteiger partial charge in [-0.25, -0.2) is 14.8 Å². The molecule has 35 heavy (non-hydrogen) atoms. The highest BCUT2D eigenvalue weighted by Gasteiger charge is 2.34. The molecule has 190 valence electrons. The van der Waals surface area contributed by atoms with E-state index in [0.29, 0.717) is 55.7 Å². The largest absolute Gasteiger partial charge is 0.474 e. The minimum Gasteiger partial charge on any atom is -0.474 e. The molecule has 0 unspecified atom stereocenters. The molecule has 0 aliphatic carbocycles.